The van der Waals surface area contributed by atoms with Crippen molar-refractivity contribution in [2.45, 2.75) is 45.6 Å². The molecule has 1 saturated heterocycles. The number of nitrogens with zero attached hydrogens (tertiary/aromatic N) is 2. The summed E-state index contributed by atoms with van der Waals surface area (Å²) in [4.78, 5) is 6.82. The molecule has 0 spiro atoms. The van der Waals surface area contributed by atoms with Crippen LogP contribution in [0.5, 0.6) is 5.75 Å². The zero-order chi connectivity index (χ0) is 17.2. The standard InChI is InChI=1S/C19H31N3O2.HI/c1-16-8-9-17(18(14-16)24-13-7-12-23-2)15-21-19(20)22-10-5-3-4-6-11-22;/h8-9,14H,3-7,10-13,15H2,1-2H3,(H2,20,21);1H. The Labute approximate surface area is 169 Å². The largest absolute Gasteiger partial charge is 0.493 e. The van der Waals surface area contributed by atoms with E-state index in [2.05, 4.69) is 35.0 Å². The van der Waals surface area contributed by atoms with Crippen LogP contribution in [0.4, 0.5) is 0 Å². The molecule has 1 aromatic rings. The summed E-state index contributed by atoms with van der Waals surface area (Å²) >= 11 is 0. The highest BCUT2D eigenvalue weighted by Gasteiger charge is 2.11. The Balaban J connectivity index is 0.00000312. The fraction of sp³-hybridized carbons (Fsp3) is 0.632. The van der Waals surface area contributed by atoms with Crippen LogP contribution in [0.25, 0.3) is 0 Å². The number of hydrogen-bond donors (Lipinski definition) is 1. The van der Waals surface area contributed by atoms with E-state index in [1.54, 1.807) is 7.11 Å². The predicted octanol–water partition coefficient (Wildman–Crippen LogP) is 3.72. The summed E-state index contributed by atoms with van der Waals surface area (Å²) in [5.74, 6) is 1.56. The van der Waals surface area contributed by atoms with Gasteiger partial charge in [-0.25, -0.2) is 4.99 Å². The Morgan fingerprint density at radius 1 is 1.16 bits per heavy atom. The van der Waals surface area contributed by atoms with Crippen molar-refractivity contribution in [2.24, 2.45) is 10.7 Å². The monoisotopic (exact) mass is 461 g/mol. The molecule has 0 atom stereocenters. The maximum atomic E-state index is 6.20. The predicted molar refractivity (Wildman–Crippen MR) is 114 cm³/mol. The van der Waals surface area contributed by atoms with Crippen LogP contribution in [0.1, 0.15) is 43.2 Å². The molecule has 1 fully saturated rings. The summed E-state index contributed by atoms with van der Waals surface area (Å²) in [6.45, 7) is 6.02. The second-order valence-corrected chi connectivity index (χ2v) is 6.38. The molecule has 1 aliphatic heterocycles. The van der Waals surface area contributed by atoms with Crippen LogP contribution in [-0.4, -0.2) is 44.3 Å². The van der Waals surface area contributed by atoms with Crippen molar-refractivity contribution in [1.29, 1.82) is 0 Å². The smallest absolute Gasteiger partial charge is 0.191 e. The normalized spacial score (nSPS) is 15.4. The molecule has 25 heavy (non-hydrogen) atoms. The third kappa shape index (κ3) is 7.81. The lowest BCUT2D eigenvalue weighted by Crippen LogP contribution is -2.38. The zero-order valence-corrected chi connectivity index (χ0v) is 17.8. The van der Waals surface area contributed by atoms with Crippen LogP contribution < -0.4 is 10.5 Å². The lowest BCUT2D eigenvalue weighted by molar-refractivity contribution is 0.172. The van der Waals surface area contributed by atoms with Crippen molar-refractivity contribution in [1.82, 2.24) is 4.90 Å². The van der Waals surface area contributed by atoms with E-state index in [4.69, 9.17) is 15.2 Å². The summed E-state index contributed by atoms with van der Waals surface area (Å²) in [5, 5.41) is 0. The van der Waals surface area contributed by atoms with Gasteiger partial charge in [0.25, 0.3) is 0 Å². The number of aryl methyl sites for hydroxylation is 1. The fourth-order valence-electron chi connectivity index (χ4n) is 2.88. The number of guanidine groups is 1. The minimum atomic E-state index is 0. The Kier molecular flexibility index (Phi) is 10.9. The maximum absolute atomic E-state index is 6.20. The lowest BCUT2D eigenvalue weighted by Gasteiger charge is -2.21. The van der Waals surface area contributed by atoms with E-state index in [9.17, 15) is 0 Å². The van der Waals surface area contributed by atoms with Gasteiger partial charge < -0.3 is 20.1 Å². The van der Waals surface area contributed by atoms with Crippen LogP contribution in [-0.2, 0) is 11.3 Å². The third-order valence-electron chi connectivity index (χ3n) is 4.31. The van der Waals surface area contributed by atoms with Crippen molar-refractivity contribution < 1.29 is 9.47 Å². The van der Waals surface area contributed by atoms with Crippen LogP contribution >= 0.6 is 24.0 Å². The molecule has 0 radical (unpaired) electrons. The molecular formula is C19H32IN3O2. The van der Waals surface area contributed by atoms with Crippen LogP contribution in [0.15, 0.2) is 23.2 Å². The van der Waals surface area contributed by atoms with Gasteiger partial charge in [-0.1, -0.05) is 25.0 Å². The number of aliphatic imine (C=N–C) groups is 1. The Bertz CT molecular complexity index is 529. The van der Waals surface area contributed by atoms with E-state index in [1.807, 2.05) is 0 Å². The topological polar surface area (TPSA) is 60.1 Å². The van der Waals surface area contributed by atoms with Crippen molar-refractivity contribution in [3.05, 3.63) is 29.3 Å². The molecule has 2 rings (SSSR count). The van der Waals surface area contributed by atoms with Gasteiger partial charge in [0.05, 0.1) is 13.2 Å². The van der Waals surface area contributed by atoms with Gasteiger partial charge in [-0.05, 0) is 31.4 Å². The second kappa shape index (κ2) is 12.4. The van der Waals surface area contributed by atoms with Crippen LogP contribution in [0, 0.1) is 6.92 Å². The highest BCUT2D eigenvalue weighted by Crippen LogP contribution is 2.22. The number of nitrogens with two attached hydrogens (primary N) is 1. The quantitative estimate of drug-likeness (QED) is 0.291. The molecular weight excluding hydrogens is 429 g/mol. The van der Waals surface area contributed by atoms with Gasteiger partial charge in [0, 0.05) is 38.8 Å². The third-order valence-corrected chi connectivity index (χ3v) is 4.31. The van der Waals surface area contributed by atoms with Gasteiger partial charge in [0.15, 0.2) is 5.96 Å². The van der Waals surface area contributed by atoms with Crippen molar-refractivity contribution in [2.75, 3.05) is 33.4 Å². The first-order valence-electron chi connectivity index (χ1n) is 8.97. The number of rotatable bonds is 7. The molecule has 0 amide bonds. The Hall–Kier alpha value is -1.02. The molecule has 1 aliphatic rings. The average molecular weight is 461 g/mol. The first kappa shape index (κ1) is 22.0. The SMILES string of the molecule is COCCCOc1cc(C)ccc1CN=C(N)N1CCCCCC1.I. The zero-order valence-electron chi connectivity index (χ0n) is 15.5. The first-order valence-corrected chi connectivity index (χ1v) is 8.97. The molecule has 1 heterocycles. The van der Waals surface area contributed by atoms with E-state index in [1.165, 1.54) is 31.2 Å². The number of methoxy groups -OCH3 is 1. The van der Waals surface area contributed by atoms with Crippen LogP contribution in [0.3, 0.4) is 0 Å². The molecule has 0 aromatic heterocycles. The molecule has 2 N–H and O–H groups in total. The van der Waals surface area contributed by atoms with E-state index < -0.39 is 0 Å². The van der Waals surface area contributed by atoms with Gasteiger partial charge in [0.2, 0.25) is 0 Å². The Morgan fingerprint density at radius 2 is 1.88 bits per heavy atom. The minimum absolute atomic E-state index is 0. The fourth-order valence-corrected chi connectivity index (χ4v) is 2.88. The molecule has 0 saturated carbocycles. The summed E-state index contributed by atoms with van der Waals surface area (Å²) in [5.41, 5.74) is 8.47. The number of ether oxygens (including phenoxy) is 2. The first-order chi connectivity index (χ1) is 11.7. The van der Waals surface area contributed by atoms with E-state index in [-0.39, 0.29) is 24.0 Å². The number of benzene rings is 1. The Morgan fingerprint density at radius 3 is 2.56 bits per heavy atom. The molecule has 5 nitrogen and oxygen atoms in total. The summed E-state index contributed by atoms with van der Waals surface area (Å²) in [6, 6.07) is 6.25. The number of likely N-dealkylation sites (tertiary alicyclic amines) is 1. The molecule has 6 heteroatoms. The second-order valence-electron chi connectivity index (χ2n) is 6.38. The summed E-state index contributed by atoms with van der Waals surface area (Å²) in [6.07, 6.45) is 5.87. The van der Waals surface area contributed by atoms with Gasteiger partial charge in [-0.15, -0.1) is 24.0 Å². The van der Waals surface area contributed by atoms with Gasteiger partial charge in [-0.3, -0.25) is 0 Å². The minimum Gasteiger partial charge on any atom is -0.493 e. The number of hydrogen-bond acceptors (Lipinski definition) is 3. The molecule has 1 aromatic carbocycles. The molecule has 0 aliphatic carbocycles. The molecule has 0 unspecified atom stereocenters. The van der Waals surface area contributed by atoms with E-state index in [0.29, 0.717) is 25.7 Å². The van der Waals surface area contributed by atoms with E-state index in [0.717, 1.165) is 30.8 Å². The van der Waals surface area contributed by atoms with Crippen molar-refractivity contribution >= 4 is 29.9 Å². The summed E-state index contributed by atoms with van der Waals surface area (Å²) in [7, 11) is 1.71. The maximum Gasteiger partial charge on any atom is 0.191 e. The average Bonchev–Trinajstić information content (AvgIpc) is 2.87. The summed E-state index contributed by atoms with van der Waals surface area (Å²) < 4.78 is 11.0. The van der Waals surface area contributed by atoms with Gasteiger partial charge >= 0.3 is 0 Å². The van der Waals surface area contributed by atoms with Gasteiger partial charge in [-0.2, -0.15) is 0 Å². The van der Waals surface area contributed by atoms with Gasteiger partial charge in [0.1, 0.15) is 5.75 Å². The van der Waals surface area contributed by atoms with Crippen LogP contribution in [0.2, 0.25) is 0 Å². The molecule has 0 bridgehead atoms. The molecule has 142 valence electrons. The highest BCUT2D eigenvalue weighted by molar-refractivity contribution is 14.0. The van der Waals surface area contributed by atoms with Crippen molar-refractivity contribution in [3.63, 3.8) is 0 Å². The van der Waals surface area contributed by atoms with Crippen molar-refractivity contribution in [3.8, 4) is 5.75 Å². The number of halogens is 1. The lowest BCUT2D eigenvalue weighted by atomic mass is 10.1. The van der Waals surface area contributed by atoms with E-state index >= 15 is 0 Å². The highest BCUT2D eigenvalue weighted by atomic mass is 127.